The van der Waals surface area contributed by atoms with E-state index >= 15 is 0 Å². The molecule has 10 heavy (non-hydrogen) atoms. The van der Waals surface area contributed by atoms with Crippen LogP contribution in [0.3, 0.4) is 0 Å². The van der Waals surface area contributed by atoms with Gasteiger partial charge in [-0.3, -0.25) is 0 Å². The minimum absolute atomic E-state index is 0.413. The Balaban J connectivity index is 2.33. The lowest BCUT2D eigenvalue weighted by Gasteiger charge is -2.39. The number of rotatable bonds is 3. The van der Waals surface area contributed by atoms with Crippen LogP contribution in [0.5, 0.6) is 0 Å². The molecule has 0 bridgehead atoms. The highest BCUT2D eigenvalue weighted by atomic mass is 16.3. The Bertz CT molecular complexity index is 110. The summed E-state index contributed by atoms with van der Waals surface area (Å²) in [6.07, 6.45) is 0.708. The van der Waals surface area contributed by atoms with Gasteiger partial charge in [-0.1, -0.05) is 0 Å². The molecule has 0 aromatic rings. The highest BCUT2D eigenvalue weighted by Crippen LogP contribution is 2.23. The molecule has 1 atom stereocenters. The zero-order valence-electron chi connectivity index (χ0n) is 6.43. The predicted octanol–water partition coefficient (Wildman–Crippen LogP) is -0.694. The Morgan fingerprint density at radius 2 is 2.30 bits per heavy atom. The Morgan fingerprint density at radius 3 is 2.60 bits per heavy atom. The Hall–Kier alpha value is -0.120. The normalized spacial score (nSPS) is 25.5. The van der Waals surface area contributed by atoms with Gasteiger partial charge in [0.25, 0.3) is 0 Å². The molecule has 1 aliphatic heterocycles. The van der Waals surface area contributed by atoms with Gasteiger partial charge in [0.05, 0.1) is 5.60 Å². The summed E-state index contributed by atoms with van der Waals surface area (Å²) in [6, 6.07) is 0. The first-order valence-corrected chi connectivity index (χ1v) is 3.80. The second-order valence-corrected chi connectivity index (χ2v) is 3.25. The number of aliphatic hydroxyl groups is 1. The third-order valence-corrected chi connectivity index (χ3v) is 2.31. The lowest BCUT2D eigenvalue weighted by molar-refractivity contribution is -0.0275. The Kier molecular flexibility index (Phi) is 2.28. The SMILES string of the molecule is CC(O)(CCN)C1CNC1. The lowest BCUT2D eigenvalue weighted by Crippen LogP contribution is -2.55. The van der Waals surface area contributed by atoms with Crippen LogP contribution in [0.25, 0.3) is 0 Å². The molecular weight excluding hydrogens is 128 g/mol. The molecule has 1 saturated heterocycles. The van der Waals surface area contributed by atoms with Gasteiger partial charge in [-0.25, -0.2) is 0 Å². The zero-order valence-corrected chi connectivity index (χ0v) is 6.43. The van der Waals surface area contributed by atoms with Crippen molar-refractivity contribution in [3.05, 3.63) is 0 Å². The van der Waals surface area contributed by atoms with Crippen molar-refractivity contribution in [3.8, 4) is 0 Å². The molecule has 1 fully saturated rings. The fraction of sp³-hybridized carbons (Fsp3) is 1.00. The van der Waals surface area contributed by atoms with E-state index in [2.05, 4.69) is 5.32 Å². The van der Waals surface area contributed by atoms with Crippen LogP contribution in [0.1, 0.15) is 13.3 Å². The van der Waals surface area contributed by atoms with Gasteiger partial charge >= 0.3 is 0 Å². The van der Waals surface area contributed by atoms with Crippen molar-refractivity contribution >= 4 is 0 Å². The molecule has 1 unspecified atom stereocenters. The highest BCUT2D eigenvalue weighted by Gasteiger charge is 2.34. The molecule has 60 valence electrons. The molecule has 4 N–H and O–H groups in total. The van der Waals surface area contributed by atoms with Crippen molar-refractivity contribution in [3.63, 3.8) is 0 Å². The fourth-order valence-corrected chi connectivity index (χ4v) is 1.22. The van der Waals surface area contributed by atoms with Crippen LogP contribution in [0.15, 0.2) is 0 Å². The summed E-state index contributed by atoms with van der Waals surface area (Å²) in [5, 5.41) is 12.8. The minimum Gasteiger partial charge on any atom is -0.390 e. The lowest BCUT2D eigenvalue weighted by atomic mass is 9.82. The van der Waals surface area contributed by atoms with Crippen LogP contribution in [0.2, 0.25) is 0 Å². The summed E-state index contributed by atoms with van der Waals surface area (Å²) in [4.78, 5) is 0. The van der Waals surface area contributed by atoms with Gasteiger partial charge in [-0.15, -0.1) is 0 Å². The van der Waals surface area contributed by atoms with Gasteiger partial charge in [0.15, 0.2) is 0 Å². The molecule has 0 aromatic heterocycles. The number of nitrogens with two attached hydrogens (primary N) is 1. The van der Waals surface area contributed by atoms with Crippen molar-refractivity contribution < 1.29 is 5.11 Å². The largest absolute Gasteiger partial charge is 0.390 e. The average Bonchev–Trinajstić information content (AvgIpc) is 1.56. The molecule has 3 nitrogen and oxygen atoms in total. The van der Waals surface area contributed by atoms with E-state index in [0.29, 0.717) is 18.9 Å². The first kappa shape index (κ1) is 7.98. The molecule has 0 aromatic carbocycles. The van der Waals surface area contributed by atoms with Gasteiger partial charge in [0.1, 0.15) is 0 Å². The molecular formula is C7H16N2O. The molecule has 0 spiro atoms. The van der Waals surface area contributed by atoms with Gasteiger partial charge in [-0.05, 0) is 19.9 Å². The monoisotopic (exact) mass is 144 g/mol. The van der Waals surface area contributed by atoms with Gasteiger partial charge in [0.2, 0.25) is 0 Å². The summed E-state index contributed by atoms with van der Waals surface area (Å²) in [5.41, 5.74) is 4.81. The van der Waals surface area contributed by atoms with Gasteiger partial charge < -0.3 is 16.2 Å². The predicted molar refractivity (Wildman–Crippen MR) is 40.7 cm³/mol. The maximum atomic E-state index is 9.71. The second-order valence-electron chi connectivity index (χ2n) is 3.25. The van der Waals surface area contributed by atoms with E-state index in [-0.39, 0.29) is 0 Å². The van der Waals surface area contributed by atoms with E-state index in [1.165, 1.54) is 0 Å². The second kappa shape index (κ2) is 2.86. The summed E-state index contributed by atoms with van der Waals surface area (Å²) < 4.78 is 0. The molecule has 1 heterocycles. The topological polar surface area (TPSA) is 58.3 Å². The van der Waals surface area contributed by atoms with Gasteiger partial charge in [-0.2, -0.15) is 0 Å². The summed E-state index contributed by atoms with van der Waals surface area (Å²) >= 11 is 0. The van der Waals surface area contributed by atoms with Crippen LogP contribution in [-0.2, 0) is 0 Å². The zero-order chi connectivity index (χ0) is 7.61. The average molecular weight is 144 g/mol. The van der Waals surface area contributed by atoms with Crippen molar-refractivity contribution in [2.45, 2.75) is 18.9 Å². The molecule has 0 saturated carbocycles. The molecule has 0 aliphatic carbocycles. The third kappa shape index (κ3) is 1.48. The van der Waals surface area contributed by atoms with E-state index in [1.807, 2.05) is 6.92 Å². The maximum Gasteiger partial charge on any atom is 0.0684 e. The van der Waals surface area contributed by atoms with Crippen LogP contribution >= 0.6 is 0 Å². The van der Waals surface area contributed by atoms with E-state index in [0.717, 1.165) is 13.1 Å². The number of hydrogen-bond donors (Lipinski definition) is 3. The molecule has 1 rings (SSSR count). The van der Waals surface area contributed by atoms with Gasteiger partial charge in [0, 0.05) is 19.0 Å². The van der Waals surface area contributed by atoms with Crippen molar-refractivity contribution in [2.75, 3.05) is 19.6 Å². The summed E-state index contributed by atoms with van der Waals surface area (Å²) in [5.74, 6) is 0.413. The maximum absolute atomic E-state index is 9.71. The highest BCUT2D eigenvalue weighted by molar-refractivity contribution is 4.90. The standard InChI is InChI=1S/C7H16N2O/c1-7(10,2-3-8)6-4-9-5-6/h6,9-10H,2-5,8H2,1H3. The van der Waals surface area contributed by atoms with Crippen molar-refractivity contribution in [1.82, 2.24) is 5.32 Å². The number of nitrogens with one attached hydrogen (secondary N) is 1. The third-order valence-electron chi connectivity index (χ3n) is 2.31. The number of hydrogen-bond acceptors (Lipinski definition) is 3. The first-order valence-electron chi connectivity index (χ1n) is 3.80. The Labute approximate surface area is 61.6 Å². The van der Waals surface area contributed by atoms with E-state index in [4.69, 9.17) is 5.73 Å². The quantitative estimate of drug-likeness (QED) is 0.491. The Morgan fingerprint density at radius 1 is 1.70 bits per heavy atom. The minimum atomic E-state index is -0.542. The van der Waals surface area contributed by atoms with Crippen LogP contribution in [-0.4, -0.2) is 30.3 Å². The molecule has 0 radical (unpaired) electrons. The van der Waals surface area contributed by atoms with Crippen LogP contribution < -0.4 is 11.1 Å². The molecule has 0 amide bonds. The summed E-state index contributed by atoms with van der Waals surface area (Å²) in [6.45, 7) is 4.31. The van der Waals surface area contributed by atoms with E-state index < -0.39 is 5.60 Å². The van der Waals surface area contributed by atoms with Crippen LogP contribution in [0, 0.1) is 5.92 Å². The molecule has 1 aliphatic rings. The van der Waals surface area contributed by atoms with Crippen LogP contribution in [0.4, 0.5) is 0 Å². The van der Waals surface area contributed by atoms with Crippen molar-refractivity contribution in [1.29, 1.82) is 0 Å². The van der Waals surface area contributed by atoms with Crippen molar-refractivity contribution in [2.24, 2.45) is 11.7 Å². The van der Waals surface area contributed by atoms with E-state index in [9.17, 15) is 5.11 Å². The van der Waals surface area contributed by atoms with E-state index in [1.54, 1.807) is 0 Å². The fourth-order valence-electron chi connectivity index (χ4n) is 1.22. The smallest absolute Gasteiger partial charge is 0.0684 e. The summed E-state index contributed by atoms with van der Waals surface area (Å²) in [7, 11) is 0. The first-order chi connectivity index (χ1) is 4.67. The molecule has 3 heteroatoms.